The van der Waals surface area contributed by atoms with Crippen LogP contribution in [0.1, 0.15) is 44.6 Å². The minimum Gasteiger partial charge on any atom is -0.369 e. The van der Waals surface area contributed by atoms with Gasteiger partial charge in [-0.2, -0.15) is 0 Å². The lowest BCUT2D eigenvalue weighted by Crippen LogP contribution is -2.44. The second-order valence-electron chi connectivity index (χ2n) is 9.28. The van der Waals surface area contributed by atoms with Crippen LogP contribution in [-0.2, 0) is 0 Å². The molecule has 1 aromatic carbocycles. The summed E-state index contributed by atoms with van der Waals surface area (Å²) in [6.45, 7) is 4.33. The van der Waals surface area contributed by atoms with E-state index in [2.05, 4.69) is 51.4 Å². The molecule has 5 rings (SSSR count). The molecule has 0 spiro atoms. The molecule has 0 unspecified atom stereocenters. The maximum absolute atomic E-state index is 12.8. The number of nitrogens with zero attached hydrogens (tertiary/aromatic N) is 4. The molecule has 168 valence electrons. The van der Waals surface area contributed by atoms with E-state index in [1.54, 1.807) is 6.07 Å². The number of likely N-dealkylation sites (N-methyl/N-ethyl adjacent to an activating group) is 1. The molecule has 0 bridgehead atoms. The van der Waals surface area contributed by atoms with Crippen molar-refractivity contribution in [3.63, 3.8) is 0 Å². The zero-order valence-corrected chi connectivity index (χ0v) is 19.0. The SMILES string of the molecule is CN1CCN(c2ccc(Nc3cc4c(ccc(=O)n4C4CCCCCC4)cn3)cc2)CC1. The van der Waals surface area contributed by atoms with Gasteiger partial charge >= 0.3 is 0 Å². The van der Waals surface area contributed by atoms with E-state index in [4.69, 9.17) is 0 Å². The van der Waals surface area contributed by atoms with E-state index >= 15 is 0 Å². The third kappa shape index (κ3) is 4.51. The Bertz CT molecular complexity index is 1110. The summed E-state index contributed by atoms with van der Waals surface area (Å²) in [5.74, 6) is 0.776. The molecule has 3 heterocycles. The van der Waals surface area contributed by atoms with Crippen LogP contribution in [0.5, 0.6) is 0 Å². The van der Waals surface area contributed by atoms with Gasteiger partial charge in [-0.15, -0.1) is 0 Å². The largest absolute Gasteiger partial charge is 0.369 e. The highest BCUT2D eigenvalue weighted by Gasteiger charge is 2.18. The van der Waals surface area contributed by atoms with Crippen LogP contribution >= 0.6 is 0 Å². The van der Waals surface area contributed by atoms with E-state index in [9.17, 15) is 4.79 Å². The van der Waals surface area contributed by atoms with Crippen LogP contribution in [0.4, 0.5) is 17.2 Å². The van der Waals surface area contributed by atoms with Gasteiger partial charge in [0.15, 0.2) is 0 Å². The Morgan fingerprint density at radius 1 is 0.906 bits per heavy atom. The summed E-state index contributed by atoms with van der Waals surface area (Å²) in [5.41, 5.74) is 3.35. The lowest BCUT2D eigenvalue weighted by atomic mass is 10.1. The van der Waals surface area contributed by atoms with Crippen LogP contribution in [0.2, 0.25) is 0 Å². The molecule has 0 radical (unpaired) electrons. The molecule has 32 heavy (non-hydrogen) atoms. The van der Waals surface area contributed by atoms with Gasteiger partial charge < -0.3 is 19.7 Å². The van der Waals surface area contributed by atoms with Gasteiger partial charge in [-0.25, -0.2) is 4.98 Å². The maximum atomic E-state index is 12.8. The highest BCUT2D eigenvalue weighted by Crippen LogP contribution is 2.30. The fourth-order valence-electron chi connectivity index (χ4n) is 5.08. The molecular weight excluding hydrogens is 398 g/mol. The number of anilines is 3. The topological polar surface area (TPSA) is 53.4 Å². The fourth-order valence-corrected chi connectivity index (χ4v) is 5.08. The van der Waals surface area contributed by atoms with Crippen molar-refractivity contribution in [3.05, 3.63) is 59.0 Å². The van der Waals surface area contributed by atoms with Gasteiger partial charge in [-0.05, 0) is 50.2 Å². The minimum absolute atomic E-state index is 0.0954. The molecule has 1 aliphatic heterocycles. The lowest BCUT2D eigenvalue weighted by Gasteiger charge is -2.34. The van der Waals surface area contributed by atoms with Gasteiger partial charge in [-0.3, -0.25) is 4.79 Å². The van der Waals surface area contributed by atoms with E-state index in [0.29, 0.717) is 0 Å². The van der Waals surface area contributed by atoms with Crippen molar-refractivity contribution < 1.29 is 0 Å². The number of aromatic nitrogens is 2. The average molecular weight is 432 g/mol. The first-order valence-electron chi connectivity index (χ1n) is 12.0. The Hall–Kier alpha value is -2.86. The van der Waals surface area contributed by atoms with Crippen molar-refractivity contribution in [2.75, 3.05) is 43.4 Å². The van der Waals surface area contributed by atoms with Crippen LogP contribution in [0.3, 0.4) is 0 Å². The molecule has 0 atom stereocenters. The van der Waals surface area contributed by atoms with E-state index in [1.807, 2.05) is 22.9 Å². The summed E-state index contributed by atoms with van der Waals surface area (Å²) in [4.78, 5) is 22.3. The first-order chi connectivity index (χ1) is 15.7. The number of piperazine rings is 1. The van der Waals surface area contributed by atoms with Crippen LogP contribution in [0, 0.1) is 0 Å². The average Bonchev–Trinajstić information content (AvgIpc) is 3.09. The molecule has 6 heteroatoms. The highest BCUT2D eigenvalue weighted by molar-refractivity contribution is 5.81. The minimum atomic E-state index is 0.0954. The van der Waals surface area contributed by atoms with Gasteiger partial charge in [0.05, 0.1) is 5.52 Å². The molecule has 1 saturated heterocycles. The van der Waals surface area contributed by atoms with E-state index < -0.39 is 0 Å². The molecule has 2 aliphatic rings. The molecule has 0 amide bonds. The Kier molecular flexibility index (Phi) is 6.12. The van der Waals surface area contributed by atoms with Crippen LogP contribution < -0.4 is 15.8 Å². The number of hydrogen-bond acceptors (Lipinski definition) is 5. The number of rotatable bonds is 4. The monoisotopic (exact) mass is 431 g/mol. The molecule has 2 aromatic heterocycles. The lowest BCUT2D eigenvalue weighted by molar-refractivity contribution is 0.313. The van der Waals surface area contributed by atoms with Crippen molar-refractivity contribution in [2.45, 2.75) is 44.6 Å². The van der Waals surface area contributed by atoms with Crippen molar-refractivity contribution in [1.82, 2.24) is 14.5 Å². The summed E-state index contributed by atoms with van der Waals surface area (Å²) >= 11 is 0. The molecule has 3 aromatic rings. The first kappa shape index (κ1) is 21.0. The van der Waals surface area contributed by atoms with Crippen LogP contribution in [-0.4, -0.2) is 47.7 Å². The van der Waals surface area contributed by atoms with Crippen LogP contribution in [0.15, 0.2) is 53.5 Å². The van der Waals surface area contributed by atoms with Gasteiger partial charge in [-0.1, -0.05) is 25.7 Å². The molecule has 2 fully saturated rings. The number of nitrogens with one attached hydrogen (secondary N) is 1. The Balaban J connectivity index is 1.39. The van der Waals surface area contributed by atoms with E-state index in [1.165, 1.54) is 31.4 Å². The molecule has 1 aliphatic carbocycles. The summed E-state index contributed by atoms with van der Waals surface area (Å²) < 4.78 is 2.02. The highest BCUT2D eigenvalue weighted by atomic mass is 16.1. The fraction of sp³-hybridized carbons (Fsp3) is 0.462. The van der Waals surface area contributed by atoms with E-state index in [0.717, 1.165) is 61.4 Å². The first-order valence-corrected chi connectivity index (χ1v) is 12.0. The zero-order chi connectivity index (χ0) is 21.9. The predicted octanol–water partition coefficient (Wildman–Crippen LogP) is 4.79. The van der Waals surface area contributed by atoms with Crippen molar-refractivity contribution in [1.29, 1.82) is 0 Å². The van der Waals surface area contributed by atoms with Gasteiger partial charge in [0.1, 0.15) is 5.82 Å². The second-order valence-corrected chi connectivity index (χ2v) is 9.28. The number of fused-ring (bicyclic) bond motifs is 1. The molecule has 1 N–H and O–H groups in total. The van der Waals surface area contributed by atoms with Gasteiger partial charge in [0, 0.05) is 67.3 Å². The third-order valence-corrected chi connectivity index (χ3v) is 7.01. The van der Waals surface area contributed by atoms with Crippen molar-refractivity contribution in [2.24, 2.45) is 0 Å². The Morgan fingerprint density at radius 2 is 1.62 bits per heavy atom. The van der Waals surface area contributed by atoms with E-state index in [-0.39, 0.29) is 11.6 Å². The standard InChI is InChI=1S/C26H33N5O/c1-29-14-16-30(17-15-29)22-11-9-21(10-12-22)28-25-18-24-20(19-27-25)8-13-26(32)31(24)23-6-4-2-3-5-7-23/h8-13,18-19,23H,2-7,14-17H2,1H3,(H,27,28). The maximum Gasteiger partial charge on any atom is 0.251 e. The summed E-state index contributed by atoms with van der Waals surface area (Å²) in [7, 11) is 2.18. The number of benzene rings is 1. The summed E-state index contributed by atoms with van der Waals surface area (Å²) in [5, 5.41) is 4.46. The quantitative estimate of drug-likeness (QED) is 0.602. The number of hydrogen-bond donors (Lipinski definition) is 1. The Labute approximate surface area is 189 Å². The van der Waals surface area contributed by atoms with Crippen LogP contribution in [0.25, 0.3) is 10.9 Å². The van der Waals surface area contributed by atoms with Gasteiger partial charge in [0.2, 0.25) is 0 Å². The summed E-state index contributed by atoms with van der Waals surface area (Å²) in [6, 6.07) is 14.5. The molecule has 6 nitrogen and oxygen atoms in total. The van der Waals surface area contributed by atoms with Crippen molar-refractivity contribution in [3.8, 4) is 0 Å². The second kappa shape index (κ2) is 9.33. The summed E-state index contributed by atoms with van der Waals surface area (Å²) in [6.07, 6.45) is 8.98. The molecule has 1 saturated carbocycles. The normalized spacial score (nSPS) is 18.6. The zero-order valence-electron chi connectivity index (χ0n) is 19.0. The Morgan fingerprint density at radius 3 is 2.34 bits per heavy atom. The third-order valence-electron chi connectivity index (χ3n) is 7.01. The molecular formula is C26H33N5O. The number of pyridine rings is 2. The smallest absolute Gasteiger partial charge is 0.251 e. The van der Waals surface area contributed by atoms with Gasteiger partial charge in [0.25, 0.3) is 5.56 Å². The predicted molar refractivity (Wildman–Crippen MR) is 132 cm³/mol. The van der Waals surface area contributed by atoms with Crippen molar-refractivity contribution >= 4 is 28.1 Å².